The van der Waals surface area contributed by atoms with Crippen LogP contribution in [-0.4, -0.2) is 26.3 Å². The maximum Gasteiger partial charge on any atom is 0.287 e. The molecule has 0 aliphatic rings. The van der Waals surface area contributed by atoms with Crippen LogP contribution < -0.4 is 5.32 Å². The van der Waals surface area contributed by atoms with Gasteiger partial charge < -0.3 is 9.73 Å². The summed E-state index contributed by atoms with van der Waals surface area (Å²) in [5.74, 6) is 0.277. The molecule has 0 spiro atoms. The summed E-state index contributed by atoms with van der Waals surface area (Å²) in [6, 6.07) is 10.2. The average Bonchev–Trinajstić information content (AvgIpc) is 2.76. The van der Waals surface area contributed by atoms with Crippen molar-refractivity contribution in [1.82, 2.24) is 5.32 Å². The fourth-order valence-electron chi connectivity index (χ4n) is 2.30. The summed E-state index contributed by atoms with van der Waals surface area (Å²) in [5.41, 5.74) is 1.46. The van der Waals surface area contributed by atoms with Crippen LogP contribution in [-0.2, 0) is 9.84 Å². The molecule has 1 N–H and O–H groups in total. The number of rotatable bonds is 5. The van der Waals surface area contributed by atoms with Gasteiger partial charge in [0.05, 0.1) is 11.8 Å². The average molecular weight is 321 g/mol. The molecule has 0 aliphatic heterocycles. The molecule has 0 fully saturated rings. The Bertz CT molecular complexity index is 763. The molecule has 0 saturated carbocycles. The standard InChI is InChI=1S/C16H19NO4S/c1-11-9-12(2)21-15(11)16(18)17-14(10-22(3,19)20)13-7-5-4-6-8-13/h4-9,14H,10H2,1-3H3,(H,17,18)/t14-/m1/s1. The molecule has 0 aliphatic carbocycles. The van der Waals surface area contributed by atoms with E-state index in [1.54, 1.807) is 44.2 Å². The van der Waals surface area contributed by atoms with Gasteiger partial charge in [-0.2, -0.15) is 0 Å². The zero-order valence-electron chi connectivity index (χ0n) is 12.8. The first-order valence-electron chi connectivity index (χ1n) is 6.87. The molecule has 1 aromatic heterocycles. The fraction of sp³-hybridized carbons (Fsp3) is 0.312. The van der Waals surface area contributed by atoms with Crippen LogP contribution >= 0.6 is 0 Å². The Kier molecular flexibility index (Phi) is 4.71. The van der Waals surface area contributed by atoms with Gasteiger partial charge in [0.2, 0.25) is 0 Å². The Labute approximate surface area is 130 Å². The maximum absolute atomic E-state index is 12.3. The number of carbonyl (C=O) groups excluding carboxylic acids is 1. The number of amides is 1. The van der Waals surface area contributed by atoms with Gasteiger partial charge >= 0.3 is 0 Å². The minimum absolute atomic E-state index is 0.165. The number of hydrogen-bond donors (Lipinski definition) is 1. The first-order chi connectivity index (χ1) is 10.3. The summed E-state index contributed by atoms with van der Waals surface area (Å²) in [4.78, 5) is 12.3. The highest BCUT2D eigenvalue weighted by atomic mass is 32.2. The van der Waals surface area contributed by atoms with E-state index in [0.29, 0.717) is 5.76 Å². The topological polar surface area (TPSA) is 76.4 Å². The second-order valence-electron chi connectivity index (χ2n) is 5.40. The fourth-order valence-corrected chi connectivity index (χ4v) is 3.18. The second-order valence-corrected chi connectivity index (χ2v) is 7.58. The van der Waals surface area contributed by atoms with Gasteiger partial charge in [-0.15, -0.1) is 0 Å². The van der Waals surface area contributed by atoms with Crippen molar-refractivity contribution in [2.24, 2.45) is 0 Å². The van der Waals surface area contributed by atoms with Crippen LogP contribution in [0.4, 0.5) is 0 Å². The van der Waals surface area contributed by atoms with Crippen molar-refractivity contribution in [1.29, 1.82) is 0 Å². The quantitative estimate of drug-likeness (QED) is 0.917. The molecule has 118 valence electrons. The third-order valence-corrected chi connectivity index (χ3v) is 4.16. The smallest absolute Gasteiger partial charge is 0.287 e. The van der Waals surface area contributed by atoms with E-state index in [2.05, 4.69) is 5.32 Å². The summed E-state index contributed by atoms with van der Waals surface area (Å²) in [6.45, 7) is 3.54. The minimum Gasteiger partial charge on any atom is -0.456 e. The predicted molar refractivity (Wildman–Crippen MR) is 84.5 cm³/mol. The molecule has 5 nitrogen and oxygen atoms in total. The lowest BCUT2D eigenvalue weighted by molar-refractivity contribution is 0.0910. The number of nitrogens with one attached hydrogen (secondary N) is 1. The summed E-state index contributed by atoms with van der Waals surface area (Å²) >= 11 is 0. The van der Waals surface area contributed by atoms with Crippen LogP contribution in [0.15, 0.2) is 40.8 Å². The molecule has 0 radical (unpaired) electrons. The van der Waals surface area contributed by atoms with Gasteiger partial charge in [-0.3, -0.25) is 4.79 Å². The van der Waals surface area contributed by atoms with Crippen LogP contribution in [0.5, 0.6) is 0 Å². The Morgan fingerprint density at radius 1 is 1.23 bits per heavy atom. The van der Waals surface area contributed by atoms with E-state index in [1.807, 2.05) is 6.07 Å². The van der Waals surface area contributed by atoms with Gasteiger partial charge in [-0.25, -0.2) is 8.42 Å². The number of carbonyl (C=O) groups is 1. The van der Waals surface area contributed by atoms with Crippen molar-refractivity contribution in [3.8, 4) is 0 Å². The van der Waals surface area contributed by atoms with Crippen LogP contribution in [0.2, 0.25) is 0 Å². The lowest BCUT2D eigenvalue weighted by Gasteiger charge is -2.18. The molecule has 1 amide bonds. The first-order valence-corrected chi connectivity index (χ1v) is 8.93. The van der Waals surface area contributed by atoms with Crippen molar-refractivity contribution in [3.05, 3.63) is 59.0 Å². The highest BCUT2D eigenvalue weighted by Crippen LogP contribution is 2.18. The third kappa shape index (κ3) is 4.21. The van der Waals surface area contributed by atoms with Crippen LogP contribution in [0, 0.1) is 13.8 Å². The molecular formula is C16H19NO4S. The van der Waals surface area contributed by atoms with Gasteiger partial charge in [-0.05, 0) is 25.5 Å². The van der Waals surface area contributed by atoms with Crippen LogP contribution in [0.25, 0.3) is 0 Å². The largest absolute Gasteiger partial charge is 0.456 e. The highest BCUT2D eigenvalue weighted by Gasteiger charge is 2.23. The van der Waals surface area contributed by atoms with Crippen molar-refractivity contribution in [2.45, 2.75) is 19.9 Å². The van der Waals surface area contributed by atoms with Crippen molar-refractivity contribution in [3.63, 3.8) is 0 Å². The van der Waals surface area contributed by atoms with Crippen LogP contribution in [0.1, 0.15) is 33.5 Å². The number of hydrogen-bond acceptors (Lipinski definition) is 4. The molecule has 1 aromatic carbocycles. The SMILES string of the molecule is Cc1cc(C)c(C(=O)N[C@H](CS(C)(=O)=O)c2ccccc2)o1. The monoisotopic (exact) mass is 321 g/mol. The Morgan fingerprint density at radius 2 is 1.86 bits per heavy atom. The Hall–Kier alpha value is -2.08. The molecule has 22 heavy (non-hydrogen) atoms. The van der Waals surface area contributed by atoms with Gasteiger partial charge in [0.15, 0.2) is 5.76 Å². The summed E-state index contributed by atoms with van der Waals surface area (Å²) in [5, 5.41) is 2.75. The van der Waals surface area contributed by atoms with E-state index < -0.39 is 21.8 Å². The molecule has 0 saturated heterocycles. The summed E-state index contributed by atoms with van der Waals surface area (Å²) in [6.07, 6.45) is 1.15. The zero-order valence-corrected chi connectivity index (χ0v) is 13.6. The van der Waals surface area contributed by atoms with E-state index in [-0.39, 0.29) is 11.5 Å². The van der Waals surface area contributed by atoms with Crippen molar-refractivity contribution < 1.29 is 17.6 Å². The number of aryl methyl sites for hydroxylation is 2. The molecule has 6 heteroatoms. The van der Waals surface area contributed by atoms with Gasteiger partial charge in [0.1, 0.15) is 15.6 Å². The Balaban J connectivity index is 2.27. The van der Waals surface area contributed by atoms with Crippen LogP contribution in [0.3, 0.4) is 0 Å². The summed E-state index contributed by atoms with van der Waals surface area (Å²) < 4.78 is 28.6. The van der Waals surface area contributed by atoms with Gasteiger partial charge in [0, 0.05) is 11.8 Å². The van der Waals surface area contributed by atoms with E-state index in [0.717, 1.165) is 17.4 Å². The molecule has 2 rings (SSSR count). The predicted octanol–water partition coefficient (Wildman–Crippen LogP) is 2.41. The number of furan rings is 1. The normalized spacial score (nSPS) is 12.9. The Morgan fingerprint density at radius 3 is 2.36 bits per heavy atom. The van der Waals surface area contributed by atoms with Gasteiger partial charge in [0.25, 0.3) is 5.91 Å². The van der Waals surface area contributed by atoms with Gasteiger partial charge in [-0.1, -0.05) is 30.3 Å². The molecule has 0 bridgehead atoms. The molecule has 0 unspecified atom stereocenters. The van der Waals surface area contributed by atoms with E-state index >= 15 is 0 Å². The van der Waals surface area contributed by atoms with E-state index in [9.17, 15) is 13.2 Å². The molecular weight excluding hydrogens is 302 g/mol. The van der Waals surface area contributed by atoms with Crippen molar-refractivity contribution >= 4 is 15.7 Å². The molecule has 2 aromatic rings. The van der Waals surface area contributed by atoms with E-state index in [1.165, 1.54) is 0 Å². The molecule has 1 atom stereocenters. The number of benzene rings is 1. The van der Waals surface area contributed by atoms with Crippen molar-refractivity contribution in [2.75, 3.05) is 12.0 Å². The maximum atomic E-state index is 12.3. The summed E-state index contributed by atoms with van der Waals surface area (Å²) in [7, 11) is -3.25. The molecule has 1 heterocycles. The number of sulfone groups is 1. The lowest BCUT2D eigenvalue weighted by atomic mass is 10.1. The highest BCUT2D eigenvalue weighted by molar-refractivity contribution is 7.90. The minimum atomic E-state index is -3.25. The lowest BCUT2D eigenvalue weighted by Crippen LogP contribution is -2.33. The van der Waals surface area contributed by atoms with E-state index in [4.69, 9.17) is 4.42 Å². The third-order valence-electron chi connectivity index (χ3n) is 3.22. The zero-order chi connectivity index (χ0) is 16.3. The second kappa shape index (κ2) is 6.36. The first kappa shape index (κ1) is 16.3.